The van der Waals surface area contributed by atoms with Gasteiger partial charge in [-0.25, -0.2) is 4.99 Å². The minimum Gasteiger partial charge on any atom is -0.397 e. The maximum atomic E-state index is 13.0. The van der Waals surface area contributed by atoms with Gasteiger partial charge in [-0.3, -0.25) is 19.4 Å². The number of aromatic nitrogens is 2. The third-order valence-electron chi connectivity index (χ3n) is 6.09. The summed E-state index contributed by atoms with van der Waals surface area (Å²) in [5, 5.41) is 1.86. The first kappa shape index (κ1) is 22.3. The fourth-order valence-electron chi connectivity index (χ4n) is 4.35. The second kappa shape index (κ2) is 9.02. The highest BCUT2D eigenvalue weighted by atomic mass is 16.2. The number of amides is 2. The molecular formula is C26H24N6O3. The van der Waals surface area contributed by atoms with Crippen molar-refractivity contribution in [2.45, 2.75) is 6.92 Å². The van der Waals surface area contributed by atoms with Crippen molar-refractivity contribution < 1.29 is 14.4 Å². The Kier molecular flexibility index (Phi) is 5.74. The van der Waals surface area contributed by atoms with E-state index in [1.54, 1.807) is 24.5 Å². The number of nitrogens with zero attached hydrogens (tertiary/aromatic N) is 4. The van der Waals surface area contributed by atoms with Gasteiger partial charge in [0.25, 0.3) is 5.91 Å². The highest BCUT2D eigenvalue weighted by Gasteiger charge is 2.21. The van der Waals surface area contributed by atoms with Crippen molar-refractivity contribution in [3.8, 4) is 0 Å². The quantitative estimate of drug-likeness (QED) is 0.269. The summed E-state index contributed by atoms with van der Waals surface area (Å²) in [6.45, 7) is 3.78. The molecule has 0 saturated carbocycles. The zero-order chi connectivity index (χ0) is 24.5. The molecule has 0 atom stereocenters. The smallest absolute Gasteiger partial charge is 0.253 e. The van der Waals surface area contributed by atoms with E-state index in [1.165, 1.54) is 13.0 Å². The van der Waals surface area contributed by atoms with E-state index in [1.807, 2.05) is 40.1 Å². The van der Waals surface area contributed by atoms with Crippen LogP contribution in [0.15, 0.2) is 65.9 Å². The lowest BCUT2D eigenvalue weighted by Gasteiger charge is -2.34. The summed E-state index contributed by atoms with van der Waals surface area (Å²) in [5.41, 5.74) is 8.69. The first-order chi connectivity index (χ1) is 16.9. The third-order valence-corrected chi connectivity index (χ3v) is 6.09. The van der Waals surface area contributed by atoms with Crippen LogP contribution in [-0.2, 0) is 4.79 Å². The number of nitrogen functional groups attached to an aromatic ring is 1. The molecule has 0 radical (unpaired) electrons. The average Bonchev–Trinajstić information content (AvgIpc) is 3.30. The maximum absolute atomic E-state index is 13.0. The van der Waals surface area contributed by atoms with Crippen LogP contribution in [0.4, 0.5) is 5.69 Å². The van der Waals surface area contributed by atoms with Crippen molar-refractivity contribution in [2.75, 3.05) is 31.9 Å². The lowest BCUT2D eigenvalue weighted by Crippen LogP contribution is -2.46. The van der Waals surface area contributed by atoms with Crippen LogP contribution in [0.5, 0.6) is 0 Å². The topological polar surface area (TPSA) is 125 Å². The van der Waals surface area contributed by atoms with E-state index >= 15 is 0 Å². The number of nitrogens with one attached hydrogen (secondary N) is 1. The lowest BCUT2D eigenvalue weighted by atomic mass is 10.1. The van der Waals surface area contributed by atoms with E-state index < -0.39 is 0 Å². The normalized spacial score (nSPS) is 14.9. The van der Waals surface area contributed by atoms with Gasteiger partial charge in [-0.15, -0.1) is 0 Å². The molecule has 9 nitrogen and oxygen atoms in total. The molecule has 3 heterocycles. The summed E-state index contributed by atoms with van der Waals surface area (Å²) in [4.78, 5) is 52.6. The molecular weight excluding hydrogens is 444 g/mol. The predicted molar refractivity (Wildman–Crippen MR) is 133 cm³/mol. The number of ketones is 1. The highest BCUT2D eigenvalue weighted by Crippen LogP contribution is 2.27. The summed E-state index contributed by atoms with van der Waals surface area (Å²) in [6.07, 6.45) is 4.92. The van der Waals surface area contributed by atoms with Gasteiger partial charge in [0.1, 0.15) is 0 Å². The van der Waals surface area contributed by atoms with Crippen molar-refractivity contribution in [1.29, 1.82) is 0 Å². The number of hydrogen-bond donors (Lipinski definition) is 2. The largest absolute Gasteiger partial charge is 0.397 e. The summed E-state index contributed by atoms with van der Waals surface area (Å²) in [7, 11) is 0. The first-order valence-corrected chi connectivity index (χ1v) is 11.3. The molecule has 1 saturated heterocycles. The summed E-state index contributed by atoms with van der Waals surface area (Å²) in [6, 6.07) is 12.5. The van der Waals surface area contributed by atoms with Crippen LogP contribution in [0.25, 0.3) is 21.8 Å². The van der Waals surface area contributed by atoms with Crippen molar-refractivity contribution >= 4 is 45.1 Å². The van der Waals surface area contributed by atoms with Crippen molar-refractivity contribution in [3.05, 3.63) is 77.6 Å². The number of benzene rings is 2. The number of carbonyl (C=O) groups is 3. The molecule has 1 aliphatic rings. The van der Waals surface area contributed by atoms with E-state index in [9.17, 15) is 14.4 Å². The molecule has 1 aliphatic heterocycles. The fraction of sp³-hybridized carbons (Fsp3) is 0.192. The molecule has 2 aromatic heterocycles. The Morgan fingerprint density at radius 3 is 2.54 bits per heavy atom. The molecule has 3 N–H and O–H groups in total. The average molecular weight is 469 g/mol. The van der Waals surface area contributed by atoms with Crippen LogP contribution in [0.3, 0.4) is 0 Å². The van der Waals surface area contributed by atoms with Crippen molar-refractivity contribution in [2.24, 2.45) is 4.99 Å². The molecule has 1 fully saturated rings. The van der Waals surface area contributed by atoms with E-state index in [0.717, 1.165) is 10.8 Å². The molecule has 0 aliphatic carbocycles. The Morgan fingerprint density at radius 1 is 1.09 bits per heavy atom. The van der Waals surface area contributed by atoms with E-state index in [-0.39, 0.29) is 17.6 Å². The van der Waals surface area contributed by atoms with E-state index in [2.05, 4.69) is 15.0 Å². The Balaban J connectivity index is 1.34. The number of rotatable bonds is 4. The maximum Gasteiger partial charge on any atom is 0.253 e. The molecule has 35 heavy (non-hydrogen) atoms. The van der Waals surface area contributed by atoms with Gasteiger partial charge in [-0.1, -0.05) is 18.2 Å². The molecule has 0 bridgehead atoms. The zero-order valence-corrected chi connectivity index (χ0v) is 19.2. The molecule has 2 amide bonds. The summed E-state index contributed by atoms with van der Waals surface area (Å²) < 4.78 is 0. The molecule has 0 unspecified atom stereocenters. The first-order valence-electron chi connectivity index (χ1n) is 11.3. The van der Waals surface area contributed by atoms with Gasteiger partial charge in [-0.2, -0.15) is 0 Å². The Bertz CT molecular complexity index is 1530. The standard InChI is InChI=1S/C26H24N6O3/c1-16(33)29-21-14-19(27)24-23-18(15-28-24)13-20(30-25(21)23)22(34)7-8-31-9-11-32(12-10-31)26(35)17-5-3-2-4-6-17/h2-8,13-15,30H,9-12,27H2,1H3/b8-7+,29-21?. The van der Waals surface area contributed by atoms with Gasteiger partial charge in [0.2, 0.25) is 11.7 Å². The Morgan fingerprint density at radius 2 is 1.83 bits per heavy atom. The predicted octanol–water partition coefficient (Wildman–Crippen LogP) is 2.34. The van der Waals surface area contributed by atoms with Gasteiger partial charge in [0, 0.05) is 67.9 Å². The third kappa shape index (κ3) is 4.35. The van der Waals surface area contributed by atoms with Crippen molar-refractivity contribution in [3.63, 3.8) is 0 Å². The molecule has 176 valence electrons. The zero-order valence-electron chi connectivity index (χ0n) is 19.2. The van der Waals surface area contributed by atoms with Crippen LogP contribution in [-0.4, -0.2) is 63.5 Å². The van der Waals surface area contributed by atoms with Crippen molar-refractivity contribution in [1.82, 2.24) is 19.8 Å². The van der Waals surface area contributed by atoms with Gasteiger partial charge in [0.15, 0.2) is 0 Å². The number of allylic oxidation sites excluding steroid dienone is 1. The number of H-pyrrole nitrogens is 1. The minimum atomic E-state index is -0.366. The molecule has 5 rings (SSSR count). The summed E-state index contributed by atoms with van der Waals surface area (Å²) >= 11 is 0. The van der Waals surface area contributed by atoms with E-state index in [0.29, 0.717) is 59.5 Å². The number of hydrogen-bond acceptors (Lipinski definition) is 6. The van der Waals surface area contributed by atoms with E-state index in [4.69, 9.17) is 5.73 Å². The highest BCUT2D eigenvalue weighted by molar-refractivity contribution is 6.15. The SMILES string of the molecule is CC(=O)N=c1cc(N)c2ncc3cc(C(=O)/C=C/N4CCN(C(=O)c5ccccc5)CC4)[nH]c1c32. The lowest BCUT2D eigenvalue weighted by molar-refractivity contribution is -0.116. The van der Waals surface area contributed by atoms with Crippen LogP contribution in [0, 0.1) is 0 Å². The number of carbonyl (C=O) groups excluding carboxylic acids is 3. The Labute approximate surface area is 200 Å². The monoisotopic (exact) mass is 468 g/mol. The van der Waals surface area contributed by atoms with Crippen LogP contribution in [0.2, 0.25) is 0 Å². The number of pyridine rings is 1. The second-order valence-corrected chi connectivity index (χ2v) is 8.49. The Hall–Kier alpha value is -4.53. The second-order valence-electron chi connectivity index (χ2n) is 8.49. The van der Waals surface area contributed by atoms with Crippen LogP contribution in [0.1, 0.15) is 27.8 Å². The number of piperazine rings is 1. The fourth-order valence-corrected chi connectivity index (χ4v) is 4.35. The van der Waals surface area contributed by atoms with Gasteiger partial charge < -0.3 is 20.5 Å². The molecule has 0 spiro atoms. The van der Waals surface area contributed by atoms with Gasteiger partial charge >= 0.3 is 0 Å². The van der Waals surface area contributed by atoms with Gasteiger partial charge in [0.05, 0.1) is 27.8 Å². The number of nitrogens with two attached hydrogens (primary N) is 1. The number of anilines is 1. The molecule has 4 aromatic rings. The number of aromatic amines is 1. The van der Waals surface area contributed by atoms with Crippen LogP contribution >= 0.6 is 0 Å². The minimum absolute atomic E-state index is 0.0163. The van der Waals surface area contributed by atoms with Gasteiger partial charge in [-0.05, 0) is 24.3 Å². The van der Waals surface area contributed by atoms with Crippen LogP contribution < -0.4 is 11.1 Å². The molecule has 2 aromatic carbocycles. The molecule has 9 heteroatoms. The summed E-state index contributed by atoms with van der Waals surface area (Å²) in [5.74, 6) is -0.573.